The lowest BCUT2D eigenvalue weighted by molar-refractivity contribution is -0.112. The van der Waals surface area contributed by atoms with E-state index < -0.39 is 5.60 Å². The molecule has 0 aromatic carbocycles. The number of nitrogens with zero attached hydrogens (tertiary/aromatic N) is 1. The van der Waals surface area contributed by atoms with Gasteiger partial charge in [0.05, 0.1) is 0 Å². The Morgan fingerprint density at radius 3 is 2.26 bits per heavy atom. The van der Waals surface area contributed by atoms with Crippen molar-refractivity contribution in [3.63, 3.8) is 0 Å². The summed E-state index contributed by atoms with van der Waals surface area (Å²) in [6, 6.07) is 0. The number of hydrogen-bond donors (Lipinski definition) is 0. The molecule has 0 radical (unpaired) electrons. The summed E-state index contributed by atoms with van der Waals surface area (Å²) in [5.74, 6) is 0.0173. The van der Waals surface area contributed by atoms with Crippen molar-refractivity contribution in [1.29, 1.82) is 0 Å². The maximum Gasteiger partial charge on any atom is 0.410 e. The van der Waals surface area contributed by atoms with Crippen LogP contribution >= 0.6 is 0 Å². The molecule has 0 fully saturated rings. The van der Waals surface area contributed by atoms with Crippen molar-refractivity contribution in [1.82, 2.24) is 4.90 Å². The van der Waals surface area contributed by atoms with Crippen molar-refractivity contribution in [2.24, 2.45) is 0 Å². The van der Waals surface area contributed by atoms with Gasteiger partial charge >= 0.3 is 6.09 Å². The first-order valence-electron chi connectivity index (χ1n) is 6.80. The van der Waals surface area contributed by atoms with Crippen LogP contribution in [0, 0.1) is 0 Å². The van der Waals surface area contributed by atoms with E-state index in [1.165, 1.54) is 11.8 Å². The van der Waals surface area contributed by atoms with Crippen LogP contribution in [-0.2, 0) is 9.53 Å². The fourth-order valence-electron chi connectivity index (χ4n) is 1.60. The van der Waals surface area contributed by atoms with Gasteiger partial charge in [-0.05, 0) is 52.2 Å². The van der Waals surface area contributed by atoms with Gasteiger partial charge in [0.2, 0.25) is 0 Å². The predicted molar refractivity (Wildman–Crippen MR) is 77.2 cm³/mol. The fraction of sp³-hybridized carbons (Fsp3) is 0.733. The molecule has 0 saturated carbocycles. The van der Waals surface area contributed by atoms with E-state index in [1.54, 1.807) is 13.1 Å². The Hall–Kier alpha value is -1.32. The third kappa shape index (κ3) is 9.28. The molecule has 1 amide bonds. The first kappa shape index (κ1) is 17.7. The fourth-order valence-corrected chi connectivity index (χ4v) is 1.60. The minimum atomic E-state index is -0.501. The van der Waals surface area contributed by atoms with E-state index in [0.29, 0.717) is 6.54 Å². The number of allylic oxidation sites excluding steroid dienone is 1. The number of hydrogen-bond acceptors (Lipinski definition) is 3. The average molecular weight is 269 g/mol. The molecule has 0 aliphatic heterocycles. The SMILES string of the molecule is CCCC/C(=C\C(C)=O)CN(C)C(=O)OC(C)(C)C. The highest BCUT2D eigenvalue weighted by Crippen LogP contribution is 2.13. The van der Waals surface area contributed by atoms with Gasteiger partial charge in [0.15, 0.2) is 5.78 Å². The highest BCUT2D eigenvalue weighted by atomic mass is 16.6. The van der Waals surface area contributed by atoms with E-state index >= 15 is 0 Å². The van der Waals surface area contributed by atoms with Crippen LogP contribution in [0.2, 0.25) is 0 Å². The lowest BCUT2D eigenvalue weighted by atomic mass is 10.1. The minimum absolute atomic E-state index is 0.0173. The van der Waals surface area contributed by atoms with Crippen LogP contribution in [0.15, 0.2) is 11.6 Å². The molecule has 0 aromatic heterocycles. The summed E-state index contributed by atoms with van der Waals surface area (Å²) >= 11 is 0. The molecule has 4 nitrogen and oxygen atoms in total. The molecule has 0 unspecified atom stereocenters. The van der Waals surface area contributed by atoms with Gasteiger partial charge in [0.1, 0.15) is 5.60 Å². The molecule has 0 aromatic rings. The van der Waals surface area contributed by atoms with Crippen molar-refractivity contribution >= 4 is 11.9 Å². The summed E-state index contributed by atoms with van der Waals surface area (Å²) in [5, 5.41) is 0. The Morgan fingerprint density at radius 1 is 1.26 bits per heavy atom. The summed E-state index contributed by atoms with van der Waals surface area (Å²) in [7, 11) is 1.69. The van der Waals surface area contributed by atoms with Crippen LogP contribution in [0.1, 0.15) is 53.9 Å². The van der Waals surface area contributed by atoms with Gasteiger partial charge in [-0.25, -0.2) is 4.79 Å². The average Bonchev–Trinajstić information content (AvgIpc) is 2.22. The van der Waals surface area contributed by atoms with Gasteiger partial charge in [0, 0.05) is 13.6 Å². The van der Waals surface area contributed by atoms with Crippen LogP contribution < -0.4 is 0 Å². The highest BCUT2D eigenvalue weighted by Gasteiger charge is 2.20. The van der Waals surface area contributed by atoms with E-state index in [-0.39, 0.29) is 11.9 Å². The van der Waals surface area contributed by atoms with Crippen LogP contribution in [0.3, 0.4) is 0 Å². The lowest BCUT2D eigenvalue weighted by Crippen LogP contribution is -2.35. The van der Waals surface area contributed by atoms with Gasteiger partial charge in [0.25, 0.3) is 0 Å². The quantitative estimate of drug-likeness (QED) is 0.693. The molecule has 110 valence electrons. The minimum Gasteiger partial charge on any atom is -0.444 e. The summed E-state index contributed by atoms with van der Waals surface area (Å²) < 4.78 is 5.28. The third-order valence-corrected chi connectivity index (χ3v) is 2.40. The molecule has 0 aliphatic carbocycles. The number of amides is 1. The predicted octanol–water partition coefficient (Wildman–Crippen LogP) is 3.56. The summed E-state index contributed by atoms with van der Waals surface area (Å²) in [5.41, 5.74) is 0.474. The van der Waals surface area contributed by atoms with Gasteiger partial charge in [-0.1, -0.05) is 13.3 Å². The van der Waals surface area contributed by atoms with Crippen molar-refractivity contribution in [2.75, 3.05) is 13.6 Å². The van der Waals surface area contributed by atoms with Gasteiger partial charge in [-0.2, -0.15) is 0 Å². The monoisotopic (exact) mass is 269 g/mol. The maximum absolute atomic E-state index is 11.8. The Kier molecular flexibility index (Phi) is 7.42. The summed E-state index contributed by atoms with van der Waals surface area (Å²) in [6.07, 6.45) is 4.17. The molecule has 0 aliphatic rings. The molecule has 0 rings (SSSR count). The molecule has 0 atom stereocenters. The molecular formula is C15H27NO3. The first-order chi connectivity index (χ1) is 8.65. The Morgan fingerprint density at radius 2 is 1.84 bits per heavy atom. The largest absolute Gasteiger partial charge is 0.444 e. The Labute approximate surface area is 116 Å². The number of carbonyl (C=O) groups is 2. The number of ether oxygens (including phenoxy) is 1. The normalized spacial score (nSPS) is 12.2. The van der Waals surface area contributed by atoms with Crippen molar-refractivity contribution in [3.8, 4) is 0 Å². The molecule has 4 heteroatoms. The van der Waals surface area contributed by atoms with Crippen LogP contribution in [0.25, 0.3) is 0 Å². The zero-order valence-electron chi connectivity index (χ0n) is 13.1. The van der Waals surface area contributed by atoms with E-state index in [2.05, 4.69) is 6.92 Å². The van der Waals surface area contributed by atoms with Gasteiger partial charge in [-0.3, -0.25) is 4.79 Å². The van der Waals surface area contributed by atoms with Crippen LogP contribution in [-0.4, -0.2) is 36.0 Å². The summed E-state index contributed by atoms with van der Waals surface area (Å²) in [6.45, 7) is 9.57. The van der Waals surface area contributed by atoms with Gasteiger partial charge < -0.3 is 9.64 Å². The lowest BCUT2D eigenvalue weighted by Gasteiger charge is -2.25. The third-order valence-electron chi connectivity index (χ3n) is 2.40. The first-order valence-corrected chi connectivity index (χ1v) is 6.80. The smallest absolute Gasteiger partial charge is 0.410 e. The van der Waals surface area contributed by atoms with E-state index in [9.17, 15) is 9.59 Å². The number of unbranched alkanes of at least 4 members (excludes halogenated alkanes) is 1. The van der Waals surface area contributed by atoms with E-state index in [1.807, 2.05) is 20.8 Å². The molecular weight excluding hydrogens is 242 g/mol. The second-order valence-electron chi connectivity index (χ2n) is 5.85. The Balaban J connectivity index is 4.58. The van der Waals surface area contributed by atoms with Crippen molar-refractivity contribution in [2.45, 2.75) is 59.5 Å². The van der Waals surface area contributed by atoms with E-state index in [4.69, 9.17) is 4.74 Å². The zero-order chi connectivity index (χ0) is 15.1. The molecule has 19 heavy (non-hydrogen) atoms. The zero-order valence-corrected chi connectivity index (χ0v) is 13.1. The number of carbonyl (C=O) groups excluding carboxylic acids is 2. The Bertz CT molecular complexity index is 340. The van der Waals surface area contributed by atoms with Crippen molar-refractivity contribution < 1.29 is 14.3 Å². The molecule has 0 saturated heterocycles. The second kappa shape index (κ2) is 7.97. The number of likely N-dealkylation sites (N-methyl/N-ethyl adjacent to an activating group) is 1. The molecule has 0 bridgehead atoms. The van der Waals surface area contributed by atoms with Crippen LogP contribution in [0.5, 0.6) is 0 Å². The van der Waals surface area contributed by atoms with Gasteiger partial charge in [-0.15, -0.1) is 0 Å². The molecule has 0 heterocycles. The topological polar surface area (TPSA) is 46.6 Å². The highest BCUT2D eigenvalue weighted by molar-refractivity contribution is 5.88. The number of ketones is 1. The van der Waals surface area contributed by atoms with Crippen molar-refractivity contribution in [3.05, 3.63) is 11.6 Å². The summed E-state index contributed by atoms with van der Waals surface area (Å²) in [4.78, 5) is 24.5. The molecule has 0 N–H and O–H groups in total. The number of rotatable bonds is 6. The standard InChI is InChI=1S/C15H27NO3/c1-7-8-9-13(10-12(2)17)11-16(6)14(18)19-15(3,4)5/h10H,7-9,11H2,1-6H3/b13-10+. The van der Waals surface area contributed by atoms with Crippen LogP contribution in [0.4, 0.5) is 4.79 Å². The second-order valence-corrected chi connectivity index (χ2v) is 5.85. The maximum atomic E-state index is 11.8. The van der Waals surface area contributed by atoms with E-state index in [0.717, 1.165) is 24.8 Å². The molecule has 0 spiro atoms.